The first-order chi connectivity index (χ1) is 13.9. The number of fused-ring (bicyclic) bond motifs is 1. The van der Waals surface area contributed by atoms with Gasteiger partial charge < -0.3 is 13.8 Å². The zero-order valence-electron chi connectivity index (χ0n) is 18.1. The molecule has 0 radical (unpaired) electrons. The number of nitrogens with zero attached hydrogens (tertiary/aromatic N) is 1. The molecule has 0 unspecified atom stereocenters. The van der Waals surface area contributed by atoms with Crippen LogP contribution < -0.4 is 4.98 Å². The summed E-state index contributed by atoms with van der Waals surface area (Å²) in [5, 5.41) is -0.325. The zero-order chi connectivity index (χ0) is 22.3. The Labute approximate surface area is 187 Å². The van der Waals surface area contributed by atoms with Gasteiger partial charge in [0, 0.05) is 11.5 Å². The maximum atomic E-state index is 13.1. The molecule has 1 aromatic rings. The number of thioether (sulfide) groups is 2. The lowest BCUT2D eigenvalue weighted by atomic mass is 10.0. The summed E-state index contributed by atoms with van der Waals surface area (Å²) in [6.45, 7) is 12.2. The minimum atomic E-state index is -2.15. The van der Waals surface area contributed by atoms with Crippen molar-refractivity contribution in [3.8, 4) is 0 Å². The van der Waals surface area contributed by atoms with Crippen LogP contribution in [0.3, 0.4) is 0 Å². The fourth-order valence-electron chi connectivity index (χ4n) is 3.19. The first kappa shape index (κ1) is 23.4. The van der Waals surface area contributed by atoms with E-state index in [4.69, 9.17) is 8.84 Å². The molecular weight excluding hydrogens is 457 g/mol. The lowest BCUT2D eigenvalue weighted by Crippen LogP contribution is -2.73. The highest BCUT2D eigenvalue weighted by molar-refractivity contribution is 8.14. The van der Waals surface area contributed by atoms with Gasteiger partial charge in [0.15, 0.2) is 5.76 Å². The number of carbonyl (C=O) groups excluding carboxylic acids is 3. The van der Waals surface area contributed by atoms with Crippen molar-refractivity contribution >= 4 is 57.1 Å². The molecule has 0 aromatic carbocycles. The second kappa shape index (κ2) is 8.69. The summed E-state index contributed by atoms with van der Waals surface area (Å²) < 4.78 is 10.9. The quantitative estimate of drug-likeness (QED) is 0.465. The van der Waals surface area contributed by atoms with Gasteiger partial charge in [-0.3, -0.25) is 14.5 Å². The molecule has 2 atom stereocenters. The van der Waals surface area contributed by atoms with Gasteiger partial charge in [0.2, 0.25) is 14.2 Å². The SMILES string of the molecule is C[Si](C)(C)N[C@@H]1C(=O)N2C(C(=O)O[Si](C)(C)C)=C(CSC(=O)c3ccco3)CS[C@H]12. The number of furan rings is 1. The summed E-state index contributed by atoms with van der Waals surface area (Å²) in [6, 6.07) is 2.99. The van der Waals surface area contributed by atoms with E-state index in [1.165, 1.54) is 6.26 Å². The minimum absolute atomic E-state index is 0.1000. The van der Waals surface area contributed by atoms with Gasteiger partial charge in [-0.25, -0.2) is 4.79 Å². The van der Waals surface area contributed by atoms with E-state index in [1.807, 2.05) is 19.6 Å². The van der Waals surface area contributed by atoms with Crippen molar-refractivity contribution in [1.82, 2.24) is 9.88 Å². The Morgan fingerprint density at radius 2 is 2.00 bits per heavy atom. The molecule has 1 saturated heterocycles. The van der Waals surface area contributed by atoms with Crippen molar-refractivity contribution in [3.63, 3.8) is 0 Å². The molecule has 0 spiro atoms. The van der Waals surface area contributed by atoms with Crippen LogP contribution in [0.1, 0.15) is 10.6 Å². The van der Waals surface area contributed by atoms with E-state index in [0.717, 1.165) is 17.3 Å². The van der Waals surface area contributed by atoms with Crippen LogP contribution in [0.2, 0.25) is 39.3 Å². The van der Waals surface area contributed by atoms with E-state index >= 15 is 0 Å². The molecule has 1 aromatic heterocycles. The molecule has 30 heavy (non-hydrogen) atoms. The van der Waals surface area contributed by atoms with Crippen molar-refractivity contribution in [3.05, 3.63) is 35.4 Å². The van der Waals surface area contributed by atoms with E-state index < -0.39 is 22.5 Å². The van der Waals surface area contributed by atoms with Crippen molar-refractivity contribution in [2.24, 2.45) is 0 Å². The Balaban J connectivity index is 1.84. The number of amides is 1. The molecule has 1 fully saturated rings. The van der Waals surface area contributed by atoms with E-state index in [1.54, 1.807) is 28.8 Å². The van der Waals surface area contributed by atoms with Gasteiger partial charge in [0.25, 0.3) is 5.12 Å². The van der Waals surface area contributed by atoms with Gasteiger partial charge >= 0.3 is 5.97 Å². The van der Waals surface area contributed by atoms with Crippen molar-refractivity contribution in [1.29, 1.82) is 0 Å². The van der Waals surface area contributed by atoms with E-state index in [9.17, 15) is 14.4 Å². The second-order valence-electron chi connectivity index (χ2n) is 9.29. The van der Waals surface area contributed by atoms with Crippen LogP contribution in [0.15, 0.2) is 34.1 Å². The molecule has 7 nitrogen and oxygen atoms in total. The lowest BCUT2D eigenvalue weighted by Gasteiger charge is -2.51. The van der Waals surface area contributed by atoms with E-state index in [2.05, 4.69) is 24.6 Å². The predicted molar refractivity (Wildman–Crippen MR) is 125 cm³/mol. The van der Waals surface area contributed by atoms with Crippen molar-refractivity contribution < 1.29 is 23.2 Å². The third-order valence-corrected chi connectivity index (χ3v) is 8.60. The lowest BCUT2D eigenvalue weighted by molar-refractivity contribution is -0.147. The van der Waals surface area contributed by atoms with Gasteiger partial charge in [-0.2, -0.15) is 0 Å². The molecule has 0 bridgehead atoms. The summed E-state index contributed by atoms with van der Waals surface area (Å²) >= 11 is 2.70. The molecular formula is C19H28N2O5S2Si2. The average Bonchev–Trinajstić information content (AvgIpc) is 3.16. The number of hydrogen-bond donors (Lipinski definition) is 1. The fraction of sp³-hybridized carbons (Fsp3) is 0.526. The van der Waals surface area contributed by atoms with E-state index in [-0.39, 0.29) is 28.2 Å². The maximum absolute atomic E-state index is 13.1. The summed E-state index contributed by atoms with van der Waals surface area (Å²) in [5.41, 5.74) is 1.07. The Morgan fingerprint density at radius 3 is 2.57 bits per heavy atom. The second-order valence-corrected chi connectivity index (χ2v) is 20.6. The fourth-order valence-corrected chi connectivity index (χ4v) is 7.46. The molecule has 1 amide bonds. The monoisotopic (exact) mass is 484 g/mol. The summed E-state index contributed by atoms with van der Waals surface area (Å²) in [6.07, 6.45) is 1.45. The molecule has 0 aliphatic carbocycles. The van der Waals surface area contributed by atoms with Gasteiger partial charge in [-0.05, 0) is 37.3 Å². The van der Waals surface area contributed by atoms with Crippen molar-refractivity contribution in [2.75, 3.05) is 11.5 Å². The van der Waals surface area contributed by atoms with Crippen LogP contribution in [0, 0.1) is 0 Å². The number of carbonyl (C=O) groups is 3. The van der Waals surface area contributed by atoms with Crippen LogP contribution in [0.25, 0.3) is 0 Å². The normalized spacial score (nSPS) is 21.9. The third-order valence-electron chi connectivity index (χ3n) is 4.33. The highest BCUT2D eigenvalue weighted by atomic mass is 32.2. The highest BCUT2D eigenvalue weighted by Crippen LogP contribution is 2.42. The van der Waals surface area contributed by atoms with Crippen LogP contribution >= 0.6 is 23.5 Å². The molecule has 11 heteroatoms. The average molecular weight is 485 g/mol. The first-order valence-corrected chi connectivity index (χ1v) is 18.7. The van der Waals surface area contributed by atoms with Crippen LogP contribution in [0.4, 0.5) is 0 Å². The van der Waals surface area contributed by atoms with Crippen LogP contribution in [-0.2, 0) is 14.0 Å². The number of hydrogen-bond acceptors (Lipinski definition) is 8. The smallest absolute Gasteiger partial charge is 0.341 e. The minimum Gasteiger partial charge on any atom is -0.515 e. The van der Waals surface area contributed by atoms with Gasteiger partial charge in [0.1, 0.15) is 25.3 Å². The van der Waals surface area contributed by atoms with E-state index in [0.29, 0.717) is 17.2 Å². The maximum Gasteiger partial charge on any atom is 0.341 e. The number of β-lactam (4-membered cyclic amide) rings is 1. The largest absolute Gasteiger partial charge is 0.515 e. The first-order valence-electron chi connectivity index (χ1n) is 9.76. The van der Waals surface area contributed by atoms with Gasteiger partial charge in [-0.1, -0.05) is 31.4 Å². The molecule has 3 rings (SSSR count). The Kier molecular flexibility index (Phi) is 6.78. The van der Waals surface area contributed by atoms with Gasteiger partial charge in [-0.15, -0.1) is 11.8 Å². The summed E-state index contributed by atoms with van der Waals surface area (Å²) in [7, 11) is -3.82. The molecule has 1 N–H and O–H groups in total. The highest BCUT2D eigenvalue weighted by Gasteiger charge is 2.54. The zero-order valence-corrected chi connectivity index (χ0v) is 21.7. The molecule has 164 valence electrons. The Bertz CT molecular complexity index is 874. The Morgan fingerprint density at radius 1 is 1.30 bits per heavy atom. The molecule has 0 saturated carbocycles. The number of nitrogens with one attached hydrogen (secondary N) is 1. The molecule has 2 aliphatic heterocycles. The standard InChI is InChI=1S/C19H28N2O5S2Si2/c1-29(2,3)20-14-16(22)21-15(18(23)26-30(4,5)6)12(10-27-17(14)21)11-28-19(24)13-8-7-9-25-13/h7-9,14,17,20H,10-11H2,1-6H3/t14-,17-/m1/s1. The number of rotatable bonds is 7. The van der Waals surface area contributed by atoms with Gasteiger partial charge in [0.05, 0.1) is 6.26 Å². The van der Waals surface area contributed by atoms with Crippen LogP contribution in [0.5, 0.6) is 0 Å². The molecule has 3 heterocycles. The predicted octanol–water partition coefficient (Wildman–Crippen LogP) is 3.49. The summed E-state index contributed by atoms with van der Waals surface area (Å²) in [5.74, 6) is 0.600. The summed E-state index contributed by atoms with van der Waals surface area (Å²) in [4.78, 5) is 43.4. The topological polar surface area (TPSA) is 88.9 Å². The third kappa shape index (κ3) is 5.31. The molecule has 2 aliphatic rings. The van der Waals surface area contributed by atoms with Crippen LogP contribution in [-0.4, -0.2) is 61.4 Å². The van der Waals surface area contributed by atoms with Crippen molar-refractivity contribution in [2.45, 2.75) is 50.7 Å². The Hall–Kier alpha value is -1.28.